The van der Waals surface area contributed by atoms with E-state index in [9.17, 15) is 13.2 Å². The molecular formula is C15H22N2O3S. The van der Waals surface area contributed by atoms with Gasteiger partial charge in [-0.25, -0.2) is 13.2 Å². The zero-order valence-electron chi connectivity index (χ0n) is 12.3. The van der Waals surface area contributed by atoms with E-state index in [4.69, 9.17) is 0 Å². The SMILES string of the molecule is CS(=O)(=O)c1ccc(CCNC(=O)NC2CCCC2)cc1. The molecule has 0 atom stereocenters. The normalized spacial score (nSPS) is 15.9. The predicted octanol–water partition coefficient (Wildman–Crippen LogP) is 1.87. The Morgan fingerprint density at radius 1 is 1.19 bits per heavy atom. The summed E-state index contributed by atoms with van der Waals surface area (Å²) in [4.78, 5) is 12.0. The minimum Gasteiger partial charge on any atom is -0.338 e. The Balaban J connectivity index is 1.74. The molecule has 116 valence electrons. The number of carbonyl (C=O) groups excluding carboxylic acids is 1. The fourth-order valence-electron chi connectivity index (χ4n) is 2.53. The van der Waals surface area contributed by atoms with Crippen LogP contribution in [0.2, 0.25) is 0 Å². The maximum absolute atomic E-state index is 11.7. The van der Waals surface area contributed by atoms with Crippen LogP contribution in [0.4, 0.5) is 4.79 Å². The first-order valence-electron chi connectivity index (χ1n) is 7.28. The number of carbonyl (C=O) groups is 1. The second-order valence-corrected chi connectivity index (χ2v) is 7.56. The maximum atomic E-state index is 11.7. The Bertz CT molecular complexity index is 575. The Kier molecular flexibility index (Phi) is 5.22. The summed E-state index contributed by atoms with van der Waals surface area (Å²) in [5, 5.41) is 5.80. The molecule has 2 rings (SSSR count). The topological polar surface area (TPSA) is 75.3 Å². The minimum absolute atomic E-state index is 0.116. The van der Waals surface area contributed by atoms with E-state index in [-0.39, 0.29) is 6.03 Å². The first-order chi connectivity index (χ1) is 9.95. The molecule has 1 aromatic carbocycles. The number of sulfone groups is 1. The third kappa shape index (κ3) is 5.04. The molecule has 5 nitrogen and oxygen atoms in total. The van der Waals surface area contributed by atoms with E-state index < -0.39 is 9.84 Å². The van der Waals surface area contributed by atoms with E-state index in [1.807, 2.05) is 0 Å². The molecule has 1 aliphatic carbocycles. The van der Waals surface area contributed by atoms with Crippen molar-refractivity contribution in [2.24, 2.45) is 0 Å². The van der Waals surface area contributed by atoms with Gasteiger partial charge in [-0.1, -0.05) is 25.0 Å². The lowest BCUT2D eigenvalue weighted by Crippen LogP contribution is -2.41. The lowest BCUT2D eigenvalue weighted by atomic mass is 10.1. The zero-order chi connectivity index (χ0) is 15.3. The van der Waals surface area contributed by atoms with Crippen LogP contribution in [-0.4, -0.2) is 33.3 Å². The van der Waals surface area contributed by atoms with Crippen molar-refractivity contribution in [3.8, 4) is 0 Å². The third-order valence-electron chi connectivity index (χ3n) is 3.74. The van der Waals surface area contributed by atoms with Crippen LogP contribution in [0.25, 0.3) is 0 Å². The number of benzene rings is 1. The highest BCUT2D eigenvalue weighted by Gasteiger charge is 2.16. The summed E-state index contributed by atoms with van der Waals surface area (Å²) in [5.74, 6) is 0. The number of urea groups is 1. The Morgan fingerprint density at radius 3 is 2.38 bits per heavy atom. The minimum atomic E-state index is -3.15. The molecule has 0 bridgehead atoms. The number of hydrogen-bond donors (Lipinski definition) is 2. The van der Waals surface area contributed by atoms with Crippen LogP contribution in [0.1, 0.15) is 31.2 Å². The molecular weight excluding hydrogens is 288 g/mol. The van der Waals surface area contributed by atoms with Gasteiger partial charge >= 0.3 is 6.03 Å². The fraction of sp³-hybridized carbons (Fsp3) is 0.533. The van der Waals surface area contributed by atoms with E-state index >= 15 is 0 Å². The van der Waals surface area contributed by atoms with Crippen LogP contribution in [0.5, 0.6) is 0 Å². The second-order valence-electron chi connectivity index (χ2n) is 5.55. The molecule has 0 saturated heterocycles. The highest BCUT2D eigenvalue weighted by Crippen LogP contribution is 2.17. The second kappa shape index (κ2) is 6.93. The van der Waals surface area contributed by atoms with Gasteiger partial charge < -0.3 is 10.6 Å². The molecule has 0 aliphatic heterocycles. The molecule has 1 saturated carbocycles. The summed E-state index contributed by atoms with van der Waals surface area (Å²) in [5.41, 5.74) is 1.00. The van der Waals surface area contributed by atoms with E-state index in [1.54, 1.807) is 24.3 Å². The van der Waals surface area contributed by atoms with Gasteiger partial charge in [0.05, 0.1) is 4.90 Å². The van der Waals surface area contributed by atoms with Crippen LogP contribution in [0, 0.1) is 0 Å². The Labute approximate surface area is 126 Å². The van der Waals surface area contributed by atoms with E-state index in [0.29, 0.717) is 23.9 Å². The lowest BCUT2D eigenvalue weighted by Gasteiger charge is -2.12. The van der Waals surface area contributed by atoms with Crippen molar-refractivity contribution in [3.63, 3.8) is 0 Å². The summed E-state index contributed by atoms with van der Waals surface area (Å²) in [7, 11) is -3.15. The van der Waals surface area contributed by atoms with Gasteiger partial charge in [-0.05, 0) is 37.0 Å². The molecule has 0 radical (unpaired) electrons. The molecule has 21 heavy (non-hydrogen) atoms. The molecule has 6 heteroatoms. The average Bonchev–Trinajstić information content (AvgIpc) is 2.91. The van der Waals surface area contributed by atoms with Crippen LogP contribution >= 0.6 is 0 Å². The standard InChI is InChI=1S/C15H22N2O3S/c1-21(19,20)14-8-6-12(7-9-14)10-11-16-15(18)17-13-4-2-3-5-13/h6-9,13H,2-5,10-11H2,1H3,(H2,16,17,18). The lowest BCUT2D eigenvalue weighted by molar-refractivity contribution is 0.237. The summed E-state index contributed by atoms with van der Waals surface area (Å²) >= 11 is 0. The largest absolute Gasteiger partial charge is 0.338 e. The van der Waals surface area contributed by atoms with Crippen molar-refractivity contribution in [2.45, 2.75) is 43.0 Å². The molecule has 0 unspecified atom stereocenters. The number of amides is 2. The highest BCUT2D eigenvalue weighted by molar-refractivity contribution is 7.90. The van der Waals surface area contributed by atoms with Gasteiger partial charge in [-0.3, -0.25) is 0 Å². The highest BCUT2D eigenvalue weighted by atomic mass is 32.2. The molecule has 2 N–H and O–H groups in total. The van der Waals surface area contributed by atoms with Gasteiger partial charge in [-0.15, -0.1) is 0 Å². The van der Waals surface area contributed by atoms with Crippen molar-refractivity contribution in [3.05, 3.63) is 29.8 Å². The van der Waals surface area contributed by atoms with E-state index in [2.05, 4.69) is 10.6 Å². The van der Waals surface area contributed by atoms with Gasteiger partial charge in [0.25, 0.3) is 0 Å². The molecule has 0 spiro atoms. The van der Waals surface area contributed by atoms with E-state index in [1.165, 1.54) is 19.1 Å². The first-order valence-corrected chi connectivity index (χ1v) is 9.17. The number of hydrogen-bond acceptors (Lipinski definition) is 3. The van der Waals surface area contributed by atoms with Crippen molar-refractivity contribution >= 4 is 15.9 Å². The average molecular weight is 310 g/mol. The first kappa shape index (κ1) is 15.8. The summed E-state index contributed by atoms with van der Waals surface area (Å²) < 4.78 is 22.7. The molecule has 2 amide bonds. The van der Waals surface area contributed by atoms with Crippen LogP contribution in [0.15, 0.2) is 29.2 Å². The maximum Gasteiger partial charge on any atom is 0.315 e. The molecule has 1 fully saturated rings. The van der Waals surface area contributed by atoms with Crippen LogP contribution in [0.3, 0.4) is 0 Å². The summed E-state index contributed by atoms with van der Waals surface area (Å²) in [6.45, 7) is 0.538. The molecule has 0 aromatic heterocycles. The number of rotatable bonds is 5. The van der Waals surface area contributed by atoms with Crippen molar-refractivity contribution < 1.29 is 13.2 Å². The predicted molar refractivity (Wildman–Crippen MR) is 82.0 cm³/mol. The Hall–Kier alpha value is -1.56. The van der Waals surface area contributed by atoms with Gasteiger partial charge in [0.15, 0.2) is 9.84 Å². The van der Waals surface area contributed by atoms with Gasteiger partial charge in [0.1, 0.15) is 0 Å². The monoisotopic (exact) mass is 310 g/mol. The van der Waals surface area contributed by atoms with Gasteiger partial charge in [-0.2, -0.15) is 0 Å². The van der Waals surface area contributed by atoms with E-state index in [0.717, 1.165) is 18.4 Å². The van der Waals surface area contributed by atoms with Crippen LogP contribution in [-0.2, 0) is 16.3 Å². The molecule has 1 aliphatic rings. The molecule has 0 heterocycles. The van der Waals surface area contributed by atoms with Crippen molar-refractivity contribution in [2.75, 3.05) is 12.8 Å². The van der Waals surface area contributed by atoms with Crippen molar-refractivity contribution in [1.29, 1.82) is 0 Å². The smallest absolute Gasteiger partial charge is 0.315 e. The quantitative estimate of drug-likeness (QED) is 0.872. The Morgan fingerprint density at radius 2 is 1.81 bits per heavy atom. The van der Waals surface area contributed by atoms with Gasteiger partial charge in [0, 0.05) is 18.8 Å². The zero-order valence-corrected chi connectivity index (χ0v) is 13.1. The summed E-state index contributed by atoms with van der Waals surface area (Å²) in [6.07, 6.45) is 6.40. The molecule has 1 aromatic rings. The van der Waals surface area contributed by atoms with Crippen molar-refractivity contribution in [1.82, 2.24) is 10.6 Å². The third-order valence-corrected chi connectivity index (χ3v) is 4.87. The fourth-order valence-corrected chi connectivity index (χ4v) is 3.16. The van der Waals surface area contributed by atoms with Crippen LogP contribution < -0.4 is 10.6 Å². The van der Waals surface area contributed by atoms with Gasteiger partial charge in [0.2, 0.25) is 0 Å². The summed E-state index contributed by atoms with van der Waals surface area (Å²) in [6, 6.07) is 6.97. The number of nitrogens with one attached hydrogen (secondary N) is 2.